The number of nitriles is 1. The molecule has 2 unspecified atom stereocenters. The van der Waals surface area contributed by atoms with E-state index in [1.807, 2.05) is 0 Å². The van der Waals surface area contributed by atoms with E-state index in [0.29, 0.717) is 12.8 Å². The van der Waals surface area contributed by atoms with Gasteiger partial charge in [-0.15, -0.1) is 11.6 Å². The van der Waals surface area contributed by atoms with Crippen molar-refractivity contribution in [3.8, 4) is 6.07 Å². The molecule has 0 aromatic heterocycles. The molecule has 0 aliphatic heterocycles. The molecule has 66 valence electrons. The Kier molecular flexibility index (Phi) is 3.55. The Morgan fingerprint density at radius 1 is 1.58 bits per heavy atom. The molecule has 1 saturated carbocycles. The Hall–Kier alpha value is -0.550. The predicted octanol–water partition coefficient (Wildman–Crippen LogP) is 2.27. The first-order valence-corrected chi connectivity index (χ1v) is 4.74. The van der Waals surface area contributed by atoms with Gasteiger partial charge < -0.3 is 0 Å². The second-order valence-corrected chi connectivity index (χ2v) is 3.72. The third-order valence-electron chi connectivity index (χ3n) is 2.33. The van der Waals surface area contributed by atoms with Crippen LogP contribution in [0.1, 0.15) is 32.1 Å². The van der Waals surface area contributed by atoms with E-state index in [4.69, 9.17) is 16.9 Å². The molecule has 12 heavy (non-hydrogen) atoms. The monoisotopic (exact) mass is 185 g/mol. The maximum Gasteiger partial charge on any atom is 0.153 e. The number of carbonyl (C=O) groups excluding carboxylic acids is 1. The summed E-state index contributed by atoms with van der Waals surface area (Å²) in [4.78, 5) is 11.4. The van der Waals surface area contributed by atoms with E-state index in [1.54, 1.807) is 0 Å². The van der Waals surface area contributed by atoms with Crippen molar-refractivity contribution in [2.45, 2.75) is 37.5 Å². The van der Waals surface area contributed by atoms with Gasteiger partial charge in [-0.25, -0.2) is 0 Å². The van der Waals surface area contributed by atoms with Crippen LogP contribution in [-0.4, -0.2) is 11.2 Å². The topological polar surface area (TPSA) is 40.9 Å². The summed E-state index contributed by atoms with van der Waals surface area (Å²) >= 11 is 5.81. The quantitative estimate of drug-likeness (QED) is 0.620. The molecule has 1 fully saturated rings. The van der Waals surface area contributed by atoms with Crippen molar-refractivity contribution >= 4 is 17.4 Å². The number of alkyl halides is 1. The van der Waals surface area contributed by atoms with Gasteiger partial charge in [-0.1, -0.05) is 6.42 Å². The summed E-state index contributed by atoms with van der Waals surface area (Å²) in [5.41, 5.74) is 0. The summed E-state index contributed by atoms with van der Waals surface area (Å²) in [6, 6.07) is 2.06. The van der Waals surface area contributed by atoms with Crippen LogP contribution in [0.15, 0.2) is 0 Å². The second-order valence-electron chi connectivity index (χ2n) is 3.19. The molecule has 2 nitrogen and oxygen atoms in total. The number of nitrogens with zero attached hydrogens (tertiary/aromatic N) is 1. The molecule has 0 bridgehead atoms. The molecule has 0 aromatic rings. The lowest BCUT2D eigenvalue weighted by Gasteiger charge is -2.22. The summed E-state index contributed by atoms with van der Waals surface area (Å²) < 4.78 is 0. The van der Waals surface area contributed by atoms with Crippen LogP contribution >= 0.6 is 11.6 Å². The van der Waals surface area contributed by atoms with E-state index in [1.165, 1.54) is 0 Å². The molecular weight excluding hydrogens is 174 g/mol. The standard InChI is InChI=1S/C9H12ClNO/c10-8-5-1-3-7(9(8)12)4-2-6-11/h7-8H,1-5H2. The molecule has 3 heteroatoms. The lowest BCUT2D eigenvalue weighted by atomic mass is 9.85. The Morgan fingerprint density at radius 2 is 2.33 bits per heavy atom. The van der Waals surface area contributed by atoms with Gasteiger partial charge in [0.15, 0.2) is 5.78 Å². The molecule has 0 aromatic carbocycles. The zero-order valence-electron chi connectivity index (χ0n) is 6.92. The number of halogens is 1. The molecule has 0 N–H and O–H groups in total. The van der Waals surface area contributed by atoms with Gasteiger partial charge in [-0.05, 0) is 19.3 Å². The van der Waals surface area contributed by atoms with E-state index in [0.717, 1.165) is 19.3 Å². The van der Waals surface area contributed by atoms with Crippen molar-refractivity contribution in [2.24, 2.45) is 5.92 Å². The van der Waals surface area contributed by atoms with Crippen LogP contribution in [0.3, 0.4) is 0 Å². The van der Waals surface area contributed by atoms with Crippen LogP contribution in [0.5, 0.6) is 0 Å². The first-order chi connectivity index (χ1) is 5.75. The number of Topliss-reactive ketones (excluding diaryl/α,β-unsaturated/α-hetero) is 1. The molecule has 0 radical (unpaired) electrons. The molecular formula is C9H12ClNO. The summed E-state index contributed by atoms with van der Waals surface area (Å²) in [5.74, 6) is 0.207. The number of rotatable bonds is 2. The van der Waals surface area contributed by atoms with Gasteiger partial charge in [0.2, 0.25) is 0 Å². The fraction of sp³-hybridized carbons (Fsp3) is 0.778. The maximum absolute atomic E-state index is 11.4. The van der Waals surface area contributed by atoms with Crippen molar-refractivity contribution in [1.29, 1.82) is 5.26 Å². The van der Waals surface area contributed by atoms with Gasteiger partial charge in [0.25, 0.3) is 0 Å². The van der Waals surface area contributed by atoms with Crippen LogP contribution in [0.4, 0.5) is 0 Å². The van der Waals surface area contributed by atoms with Crippen molar-refractivity contribution in [1.82, 2.24) is 0 Å². The molecule has 2 atom stereocenters. The highest BCUT2D eigenvalue weighted by molar-refractivity contribution is 6.31. The zero-order valence-corrected chi connectivity index (χ0v) is 7.68. The summed E-state index contributed by atoms with van der Waals surface area (Å²) in [6.45, 7) is 0. The molecule has 1 rings (SSSR count). The van der Waals surface area contributed by atoms with E-state index < -0.39 is 0 Å². The van der Waals surface area contributed by atoms with Gasteiger partial charge in [0, 0.05) is 12.3 Å². The Bertz CT molecular complexity index is 209. The minimum absolute atomic E-state index is 0.0564. The lowest BCUT2D eigenvalue weighted by molar-refractivity contribution is -0.124. The van der Waals surface area contributed by atoms with Crippen molar-refractivity contribution < 1.29 is 4.79 Å². The largest absolute Gasteiger partial charge is 0.298 e. The lowest BCUT2D eigenvalue weighted by Crippen LogP contribution is -2.28. The van der Waals surface area contributed by atoms with Crippen LogP contribution in [-0.2, 0) is 4.79 Å². The van der Waals surface area contributed by atoms with Crippen molar-refractivity contribution in [3.05, 3.63) is 0 Å². The van der Waals surface area contributed by atoms with Crippen LogP contribution in [0, 0.1) is 17.2 Å². The summed E-state index contributed by atoms with van der Waals surface area (Å²) in [6.07, 6.45) is 3.92. The summed E-state index contributed by atoms with van der Waals surface area (Å²) in [7, 11) is 0. The van der Waals surface area contributed by atoms with Crippen molar-refractivity contribution in [2.75, 3.05) is 0 Å². The highest BCUT2D eigenvalue weighted by Crippen LogP contribution is 2.27. The highest BCUT2D eigenvalue weighted by atomic mass is 35.5. The first kappa shape index (κ1) is 9.54. The highest BCUT2D eigenvalue weighted by Gasteiger charge is 2.28. The number of ketones is 1. The average molecular weight is 186 g/mol. The van der Waals surface area contributed by atoms with Gasteiger partial charge in [0.1, 0.15) is 0 Å². The molecule has 1 aliphatic rings. The van der Waals surface area contributed by atoms with Gasteiger partial charge in [-0.2, -0.15) is 5.26 Å². The normalized spacial score (nSPS) is 29.8. The SMILES string of the molecule is N#CCCC1CCCC(Cl)C1=O. The van der Waals surface area contributed by atoms with E-state index >= 15 is 0 Å². The molecule has 0 saturated heterocycles. The first-order valence-electron chi connectivity index (χ1n) is 4.30. The fourth-order valence-electron chi connectivity index (χ4n) is 1.61. The van der Waals surface area contributed by atoms with Crippen molar-refractivity contribution in [3.63, 3.8) is 0 Å². The number of carbonyl (C=O) groups is 1. The van der Waals surface area contributed by atoms with Crippen LogP contribution < -0.4 is 0 Å². The third-order valence-corrected chi connectivity index (χ3v) is 2.76. The Morgan fingerprint density at radius 3 is 3.00 bits per heavy atom. The van der Waals surface area contributed by atoms with Gasteiger partial charge in [-0.3, -0.25) is 4.79 Å². The number of hydrogen-bond acceptors (Lipinski definition) is 2. The minimum atomic E-state index is -0.289. The zero-order chi connectivity index (χ0) is 8.97. The second kappa shape index (κ2) is 4.47. The van der Waals surface area contributed by atoms with Crippen LogP contribution in [0.25, 0.3) is 0 Å². The van der Waals surface area contributed by atoms with E-state index in [2.05, 4.69) is 6.07 Å². The fourth-order valence-corrected chi connectivity index (χ4v) is 1.94. The van der Waals surface area contributed by atoms with Gasteiger partial charge >= 0.3 is 0 Å². The average Bonchev–Trinajstić information content (AvgIpc) is 2.08. The molecule has 1 aliphatic carbocycles. The molecule has 0 spiro atoms. The number of hydrogen-bond donors (Lipinski definition) is 0. The van der Waals surface area contributed by atoms with Crippen LogP contribution in [0.2, 0.25) is 0 Å². The molecule has 0 heterocycles. The third kappa shape index (κ3) is 2.22. The predicted molar refractivity (Wildman–Crippen MR) is 46.8 cm³/mol. The smallest absolute Gasteiger partial charge is 0.153 e. The van der Waals surface area contributed by atoms with Gasteiger partial charge in [0.05, 0.1) is 11.4 Å². The Balaban J connectivity index is 2.42. The Labute approximate surface area is 77.5 Å². The molecule has 0 amide bonds. The minimum Gasteiger partial charge on any atom is -0.298 e. The maximum atomic E-state index is 11.4. The van der Waals surface area contributed by atoms with E-state index in [-0.39, 0.29) is 17.1 Å². The van der Waals surface area contributed by atoms with E-state index in [9.17, 15) is 4.79 Å². The summed E-state index contributed by atoms with van der Waals surface area (Å²) in [5, 5.41) is 8.07.